The van der Waals surface area contributed by atoms with Gasteiger partial charge in [0.05, 0.1) is 33.0 Å². The fraction of sp³-hybridized carbons (Fsp3) is 0.200. The molecule has 0 spiro atoms. The number of urea groups is 1. The summed E-state index contributed by atoms with van der Waals surface area (Å²) in [7, 11) is 3.02. The molecule has 3 amide bonds. The maximum atomic E-state index is 13.4. The van der Waals surface area contributed by atoms with Crippen molar-refractivity contribution in [1.82, 2.24) is 4.90 Å². The van der Waals surface area contributed by atoms with Crippen LogP contribution in [0.2, 0.25) is 10.0 Å². The summed E-state index contributed by atoms with van der Waals surface area (Å²) in [5.41, 5.74) is 2.92. The zero-order valence-corrected chi connectivity index (χ0v) is 20.2. The van der Waals surface area contributed by atoms with E-state index < -0.39 is 0 Å². The normalized spacial score (nSPS) is 12.9. The highest BCUT2D eigenvalue weighted by molar-refractivity contribution is 6.31. The molecule has 0 bridgehead atoms. The Bertz CT molecular complexity index is 1200. The van der Waals surface area contributed by atoms with Crippen LogP contribution in [-0.4, -0.2) is 37.6 Å². The number of ether oxygens (including phenoxy) is 2. The molecule has 0 saturated heterocycles. The second-order valence-corrected chi connectivity index (χ2v) is 8.58. The Balaban J connectivity index is 1.58. The Morgan fingerprint density at radius 1 is 0.971 bits per heavy atom. The molecular formula is C25H23Cl2N3O4. The van der Waals surface area contributed by atoms with E-state index in [0.717, 1.165) is 16.8 Å². The topological polar surface area (TPSA) is 71.1 Å². The number of carbonyl (C=O) groups is 2. The van der Waals surface area contributed by atoms with E-state index in [1.165, 1.54) is 19.1 Å². The van der Waals surface area contributed by atoms with E-state index in [0.29, 0.717) is 33.8 Å². The lowest BCUT2D eigenvalue weighted by molar-refractivity contribution is -0.116. The van der Waals surface area contributed by atoms with Crippen molar-refractivity contribution in [3.63, 3.8) is 0 Å². The number of nitrogens with zero attached hydrogens (tertiary/aromatic N) is 2. The van der Waals surface area contributed by atoms with Crippen molar-refractivity contribution in [2.75, 3.05) is 31.0 Å². The SMILES string of the molecule is COc1cccc(OC)c1NC(=O)CN1Cc2cc(Cl)ccc2N(Cc2ccc(Cl)cc2)C1=O. The molecule has 3 aromatic rings. The lowest BCUT2D eigenvalue weighted by atomic mass is 10.1. The van der Waals surface area contributed by atoms with Gasteiger partial charge in [-0.2, -0.15) is 0 Å². The molecule has 1 aliphatic heterocycles. The molecule has 34 heavy (non-hydrogen) atoms. The molecule has 0 atom stereocenters. The predicted molar refractivity (Wildman–Crippen MR) is 133 cm³/mol. The van der Waals surface area contributed by atoms with Gasteiger partial charge < -0.3 is 19.7 Å². The van der Waals surface area contributed by atoms with Gasteiger partial charge in [0, 0.05) is 10.0 Å². The zero-order valence-electron chi connectivity index (χ0n) is 18.7. The van der Waals surface area contributed by atoms with Gasteiger partial charge in [-0.3, -0.25) is 9.69 Å². The van der Waals surface area contributed by atoms with E-state index in [-0.39, 0.29) is 25.0 Å². The average molecular weight is 500 g/mol. The first-order chi connectivity index (χ1) is 16.4. The van der Waals surface area contributed by atoms with Crippen LogP contribution < -0.4 is 19.7 Å². The van der Waals surface area contributed by atoms with Crippen molar-refractivity contribution in [1.29, 1.82) is 0 Å². The molecular weight excluding hydrogens is 477 g/mol. The lowest BCUT2D eigenvalue weighted by Gasteiger charge is -2.37. The smallest absolute Gasteiger partial charge is 0.325 e. The molecule has 0 fully saturated rings. The first-order valence-corrected chi connectivity index (χ1v) is 11.3. The Morgan fingerprint density at radius 2 is 1.62 bits per heavy atom. The number of halogens is 2. The molecule has 3 aromatic carbocycles. The van der Waals surface area contributed by atoms with Gasteiger partial charge >= 0.3 is 6.03 Å². The molecule has 0 aromatic heterocycles. The average Bonchev–Trinajstić information content (AvgIpc) is 2.83. The Kier molecular flexibility index (Phi) is 7.14. The minimum Gasteiger partial charge on any atom is -0.494 e. The van der Waals surface area contributed by atoms with Crippen molar-refractivity contribution < 1.29 is 19.1 Å². The lowest BCUT2D eigenvalue weighted by Crippen LogP contribution is -2.49. The van der Waals surface area contributed by atoms with Crippen LogP contribution in [0.1, 0.15) is 11.1 Å². The quantitative estimate of drug-likeness (QED) is 0.459. The van der Waals surface area contributed by atoms with Crippen LogP contribution in [0.5, 0.6) is 11.5 Å². The molecule has 1 heterocycles. The van der Waals surface area contributed by atoms with Crippen LogP contribution in [0, 0.1) is 0 Å². The Hall–Kier alpha value is -3.42. The molecule has 4 rings (SSSR count). The number of benzene rings is 3. The van der Waals surface area contributed by atoms with Crippen LogP contribution >= 0.6 is 23.2 Å². The molecule has 1 aliphatic rings. The summed E-state index contributed by atoms with van der Waals surface area (Å²) in [5.74, 6) is 0.534. The summed E-state index contributed by atoms with van der Waals surface area (Å²) >= 11 is 12.2. The third kappa shape index (κ3) is 5.05. The highest BCUT2D eigenvalue weighted by atomic mass is 35.5. The van der Waals surface area contributed by atoms with Crippen molar-refractivity contribution in [2.24, 2.45) is 0 Å². The number of amides is 3. The monoisotopic (exact) mass is 499 g/mol. The van der Waals surface area contributed by atoms with Gasteiger partial charge in [0.25, 0.3) is 0 Å². The number of para-hydroxylation sites is 1. The molecule has 0 radical (unpaired) electrons. The number of fused-ring (bicyclic) bond motifs is 1. The summed E-state index contributed by atoms with van der Waals surface area (Å²) in [6.45, 7) is 0.411. The van der Waals surface area contributed by atoms with E-state index in [2.05, 4.69) is 5.32 Å². The van der Waals surface area contributed by atoms with E-state index in [1.54, 1.807) is 41.3 Å². The number of carbonyl (C=O) groups excluding carboxylic acids is 2. The van der Waals surface area contributed by atoms with Crippen LogP contribution in [0.4, 0.5) is 16.2 Å². The van der Waals surface area contributed by atoms with Gasteiger partial charge in [-0.25, -0.2) is 4.79 Å². The molecule has 7 nitrogen and oxygen atoms in total. The van der Waals surface area contributed by atoms with Crippen molar-refractivity contribution in [3.8, 4) is 11.5 Å². The van der Waals surface area contributed by atoms with E-state index in [9.17, 15) is 9.59 Å². The van der Waals surface area contributed by atoms with E-state index >= 15 is 0 Å². The number of hydrogen-bond donors (Lipinski definition) is 1. The van der Waals surface area contributed by atoms with E-state index in [1.807, 2.05) is 24.3 Å². The highest BCUT2D eigenvalue weighted by Gasteiger charge is 2.32. The third-order valence-corrected chi connectivity index (χ3v) is 5.96. The first kappa shape index (κ1) is 23.7. The number of nitrogens with one attached hydrogen (secondary N) is 1. The number of rotatable bonds is 7. The zero-order chi connectivity index (χ0) is 24.2. The van der Waals surface area contributed by atoms with Crippen LogP contribution in [0.3, 0.4) is 0 Å². The van der Waals surface area contributed by atoms with E-state index in [4.69, 9.17) is 32.7 Å². The third-order valence-electron chi connectivity index (χ3n) is 5.48. The molecule has 0 aliphatic carbocycles. The number of methoxy groups -OCH3 is 2. The highest BCUT2D eigenvalue weighted by Crippen LogP contribution is 2.35. The maximum absolute atomic E-state index is 13.4. The first-order valence-electron chi connectivity index (χ1n) is 10.5. The summed E-state index contributed by atoms with van der Waals surface area (Å²) in [6, 6.07) is 17.6. The molecule has 176 valence electrons. The standard InChI is InChI=1S/C25H23Cl2N3O4/c1-33-21-4-3-5-22(34-2)24(21)28-23(31)15-29-14-17-12-19(27)10-11-20(17)30(25(29)32)13-16-6-8-18(26)9-7-16/h3-12H,13-15H2,1-2H3,(H,28,31). The number of hydrogen-bond acceptors (Lipinski definition) is 4. The summed E-state index contributed by atoms with van der Waals surface area (Å²) in [5, 5.41) is 3.99. The predicted octanol–water partition coefficient (Wildman–Crippen LogP) is 5.59. The molecule has 0 saturated carbocycles. The second-order valence-electron chi connectivity index (χ2n) is 7.71. The minimum atomic E-state index is -0.381. The molecule has 0 unspecified atom stereocenters. The Morgan fingerprint density at radius 3 is 2.26 bits per heavy atom. The van der Waals surface area contributed by atoms with Crippen molar-refractivity contribution in [2.45, 2.75) is 13.1 Å². The van der Waals surface area contributed by atoms with Crippen LogP contribution in [0.25, 0.3) is 0 Å². The number of anilines is 2. The summed E-state index contributed by atoms with van der Waals surface area (Å²) in [6.07, 6.45) is 0. The maximum Gasteiger partial charge on any atom is 0.325 e. The summed E-state index contributed by atoms with van der Waals surface area (Å²) < 4.78 is 10.7. The molecule has 9 heteroatoms. The van der Waals surface area contributed by atoms with Gasteiger partial charge in [0.15, 0.2) is 0 Å². The van der Waals surface area contributed by atoms with Gasteiger partial charge in [-0.1, -0.05) is 41.4 Å². The van der Waals surface area contributed by atoms with Crippen LogP contribution in [0.15, 0.2) is 60.7 Å². The van der Waals surface area contributed by atoms with Gasteiger partial charge in [0.1, 0.15) is 23.7 Å². The van der Waals surface area contributed by atoms with Crippen LogP contribution in [-0.2, 0) is 17.9 Å². The van der Waals surface area contributed by atoms with Crippen molar-refractivity contribution in [3.05, 3.63) is 81.8 Å². The minimum absolute atomic E-state index is 0.164. The van der Waals surface area contributed by atoms with Gasteiger partial charge in [-0.05, 0) is 53.6 Å². The van der Waals surface area contributed by atoms with Gasteiger partial charge in [-0.15, -0.1) is 0 Å². The largest absolute Gasteiger partial charge is 0.494 e. The summed E-state index contributed by atoms with van der Waals surface area (Å²) in [4.78, 5) is 29.5. The fourth-order valence-corrected chi connectivity index (χ4v) is 4.19. The fourth-order valence-electron chi connectivity index (χ4n) is 3.87. The molecule has 1 N–H and O–H groups in total. The Labute approximate surface area is 207 Å². The second kappa shape index (κ2) is 10.2. The van der Waals surface area contributed by atoms with Gasteiger partial charge in [0.2, 0.25) is 5.91 Å². The van der Waals surface area contributed by atoms with Crippen molar-refractivity contribution >= 4 is 46.5 Å².